The Balaban J connectivity index is 2.51. The number of thiol groups is 1. The molecule has 18 heavy (non-hydrogen) atoms. The summed E-state index contributed by atoms with van der Waals surface area (Å²) in [6, 6.07) is 0. The fourth-order valence-electron chi connectivity index (χ4n) is 2.84. The predicted molar refractivity (Wildman–Crippen MR) is 81.3 cm³/mol. The summed E-state index contributed by atoms with van der Waals surface area (Å²) in [5.41, 5.74) is 1.81. The highest BCUT2D eigenvalue weighted by Gasteiger charge is 2.21. The number of carbonyl (C=O) groups is 1. The molecule has 1 amide bonds. The Kier molecular flexibility index (Phi) is 6.98. The van der Waals surface area contributed by atoms with E-state index in [1.165, 1.54) is 37.7 Å². The van der Waals surface area contributed by atoms with E-state index in [0.29, 0.717) is 5.41 Å². The van der Waals surface area contributed by atoms with Crippen LogP contribution in [0.4, 0.5) is 0 Å². The summed E-state index contributed by atoms with van der Waals surface area (Å²) in [7, 11) is 0. The molecule has 0 saturated heterocycles. The van der Waals surface area contributed by atoms with Gasteiger partial charge in [0.15, 0.2) is 0 Å². The zero-order valence-corrected chi connectivity index (χ0v) is 12.7. The molecule has 0 aromatic rings. The van der Waals surface area contributed by atoms with Crippen molar-refractivity contribution in [3.05, 3.63) is 0 Å². The molecule has 1 saturated carbocycles. The van der Waals surface area contributed by atoms with Crippen molar-refractivity contribution >= 4 is 24.1 Å². The van der Waals surface area contributed by atoms with Crippen molar-refractivity contribution in [1.29, 1.82) is 0 Å². The molecule has 1 fully saturated rings. The number of amides is 1. The van der Waals surface area contributed by atoms with E-state index in [-0.39, 0.29) is 11.8 Å². The largest absolute Gasteiger partial charge is 0.272 e. The summed E-state index contributed by atoms with van der Waals surface area (Å²) in [6.07, 6.45) is 10.7. The van der Waals surface area contributed by atoms with Gasteiger partial charge in [0, 0.05) is 5.92 Å². The number of aliphatic imine (C=N–C) groups is 1. The average molecular weight is 269 g/mol. The van der Waals surface area contributed by atoms with Crippen LogP contribution in [0.15, 0.2) is 4.99 Å². The minimum atomic E-state index is 0.0310. The Morgan fingerprint density at radius 3 is 2.28 bits per heavy atom. The standard InChI is InChI=1S/C15H27NOS/c1-15(2)10-6-3-4-8-13(9-5-7-11-15)14(17)16-12-18/h12-13H,3-11H2,1-2H3,(H,16,17,18). The highest BCUT2D eigenvalue weighted by Crippen LogP contribution is 2.32. The van der Waals surface area contributed by atoms with Crippen LogP contribution in [0.3, 0.4) is 0 Å². The zero-order valence-electron chi connectivity index (χ0n) is 11.8. The molecule has 0 N–H and O–H groups in total. The van der Waals surface area contributed by atoms with Crippen molar-refractivity contribution in [2.75, 3.05) is 0 Å². The molecule has 0 bridgehead atoms. The van der Waals surface area contributed by atoms with Gasteiger partial charge in [0.05, 0.1) is 5.55 Å². The molecule has 0 heterocycles. The van der Waals surface area contributed by atoms with Crippen LogP contribution < -0.4 is 0 Å². The summed E-state index contributed by atoms with van der Waals surface area (Å²) in [5, 5.41) is 0. The molecule has 1 atom stereocenters. The maximum atomic E-state index is 11.8. The van der Waals surface area contributed by atoms with Crippen molar-refractivity contribution in [3.63, 3.8) is 0 Å². The molecule has 1 unspecified atom stereocenters. The average Bonchev–Trinajstić information content (AvgIpc) is 2.34. The first kappa shape index (κ1) is 15.7. The molecule has 1 aliphatic rings. The topological polar surface area (TPSA) is 29.4 Å². The van der Waals surface area contributed by atoms with Gasteiger partial charge in [-0.25, -0.2) is 4.99 Å². The maximum absolute atomic E-state index is 11.8. The molecule has 104 valence electrons. The van der Waals surface area contributed by atoms with Crippen molar-refractivity contribution in [2.24, 2.45) is 16.3 Å². The predicted octanol–water partition coefficient (Wildman–Crippen LogP) is 4.64. The third-order valence-corrected chi connectivity index (χ3v) is 4.21. The van der Waals surface area contributed by atoms with Gasteiger partial charge in [-0.05, 0) is 31.1 Å². The molecule has 0 aliphatic heterocycles. The number of nitrogens with zero attached hydrogens (tertiary/aromatic N) is 1. The van der Waals surface area contributed by atoms with E-state index in [4.69, 9.17) is 0 Å². The maximum Gasteiger partial charge on any atom is 0.249 e. The zero-order chi connectivity index (χ0) is 13.4. The van der Waals surface area contributed by atoms with Crippen LogP contribution in [-0.2, 0) is 4.79 Å². The molecule has 3 heteroatoms. The minimum absolute atomic E-state index is 0.0310. The second-order valence-electron chi connectivity index (χ2n) is 6.29. The normalized spacial score (nSPS) is 26.7. The first-order valence-electron chi connectivity index (χ1n) is 7.26. The summed E-state index contributed by atoms with van der Waals surface area (Å²) >= 11 is 3.89. The molecule has 2 nitrogen and oxygen atoms in total. The minimum Gasteiger partial charge on any atom is -0.272 e. The van der Waals surface area contributed by atoms with Crippen molar-refractivity contribution in [2.45, 2.75) is 71.6 Å². The van der Waals surface area contributed by atoms with Gasteiger partial charge in [0.25, 0.3) is 0 Å². The van der Waals surface area contributed by atoms with Gasteiger partial charge >= 0.3 is 0 Å². The SMILES string of the molecule is CC1(C)CCCCCC(C(=O)N=CS)CCCC1. The number of carbonyl (C=O) groups excluding carboxylic acids is 1. The van der Waals surface area contributed by atoms with Crippen LogP contribution in [0.2, 0.25) is 0 Å². The Bertz CT molecular complexity index is 286. The second kappa shape index (κ2) is 7.98. The highest BCUT2D eigenvalue weighted by atomic mass is 32.1. The highest BCUT2D eigenvalue weighted by molar-refractivity contribution is 7.94. The lowest BCUT2D eigenvalue weighted by molar-refractivity contribution is -0.122. The van der Waals surface area contributed by atoms with Crippen LogP contribution in [0.25, 0.3) is 0 Å². The molecular formula is C15H27NOS. The molecule has 1 aliphatic carbocycles. The van der Waals surface area contributed by atoms with E-state index in [9.17, 15) is 4.79 Å². The third-order valence-electron chi connectivity index (χ3n) is 4.10. The van der Waals surface area contributed by atoms with Crippen molar-refractivity contribution < 1.29 is 4.79 Å². The Hall–Kier alpha value is -0.310. The lowest BCUT2D eigenvalue weighted by Gasteiger charge is -2.24. The number of hydrogen-bond acceptors (Lipinski definition) is 1. The van der Waals surface area contributed by atoms with Crippen LogP contribution in [0.5, 0.6) is 0 Å². The van der Waals surface area contributed by atoms with E-state index < -0.39 is 0 Å². The van der Waals surface area contributed by atoms with Gasteiger partial charge in [-0.1, -0.05) is 46.0 Å². The second-order valence-corrected chi connectivity index (χ2v) is 6.52. The lowest BCUT2D eigenvalue weighted by Crippen LogP contribution is -2.12. The van der Waals surface area contributed by atoms with Gasteiger partial charge < -0.3 is 0 Å². The van der Waals surface area contributed by atoms with E-state index in [1.54, 1.807) is 0 Å². The number of rotatable bonds is 1. The van der Waals surface area contributed by atoms with Gasteiger partial charge in [0.2, 0.25) is 5.91 Å². The van der Waals surface area contributed by atoms with E-state index in [1.807, 2.05) is 0 Å². The molecule has 0 aromatic heterocycles. The molecule has 0 aromatic carbocycles. The van der Waals surface area contributed by atoms with Crippen LogP contribution in [0, 0.1) is 11.3 Å². The van der Waals surface area contributed by atoms with Crippen LogP contribution >= 0.6 is 12.6 Å². The Morgan fingerprint density at radius 2 is 1.67 bits per heavy atom. The molecule has 0 radical (unpaired) electrons. The van der Waals surface area contributed by atoms with Crippen LogP contribution in [-0.4, -0.2) is 11.5 Å². The van der Waals surface area contributed by atoms with Gasteiger partial charge in [-0.3, -0.25) is 4.79 Å². The van der Waals surface area contributed by atoms with E-state index in [2.05, 4.69) is 31.5 Å². The summed E-state index contributed by atoms with van der Waals surface area (Å²) < 4.78 is 0. The fourth-order valence-corrected chi connectivity index (χ4v) is 2.96. The third kappa shape index (κ3) is 6.03. The molecular weight excluding hydrogens is 242 g/mol. The first-order valence-corrected chi connectivity index (χ1v) is 7.77. The van der Waals surface area contributed by atoms with Crippen molar-refractivity contribution in [1.82, 2.24) is 0 Å². The van der Waals surface area contributed by atoms with E-state index in [0.717, 1.165) is 25.7 Å². The molecule has 1 rings (SSSR count). The Morgan fingerprint density at radius 1 is 1.11 bits per heavy atom. The van der Waals surface area contributed by atoms with Gasteiger partial charge in [-0.15, -0.1) is 12.6 Å². The summed E-state index contributed by atoms with van der Waals surface area (Å²) in [4.78, 5) is 15.7. The number of hydrogen-bond donors (Lipinski definition) is 1. The van der Waals surface area contributed by atoms with Crippen LogP contribution in [0.1, 0.15) is 71.6 Å². The van der Waals surface area contributed by atoms with Crippen molar-refractivity contribution in [3.8, 4) is 0 Å². The summed E-state index contributed by atoms with van der Waals surface area (Å²) in [6.45, 7) is 4.75. The molecule has 0 spiro atoms. The van der Waals surface area contributed by atoms with E-state index >= 15 is 0 Å². The lowest BCUT2D eigenvalue weighted by atomic mass is 9.82. The summed E-state index contributed by atoms with van der Waals surface area (Å²) in [5.74, 6) is 0.165. The smallest absolute Gasteiger partial charge is 0.249 e. The first-order chi connectivity index (χ1) is 8.55. The van der Waals surface area contributed by atoms with Gasteiger partial charge in [0.1, 0.15) is 0 Å². The Labute approximate surface area is 117 Å². The quantitative estimate of drug-likeness (QED) is 0.419. The monoisotopic (exact) mass is 269 g/mol. The van der Waals surface area contributed by atoms with Gasteiger partial charge in [-0.2, -0.15) is 0 Å². The fraction of sp³-hybridized carbons (Fsp3) is 0.867.